The number of methoxy groups -OCH3 is 1. The number of fused-ring (bicyclic) bond motifs is 1. The van der Waals surface area contributed by atoms with Crippen molar-refractivity contribution in [3.63, 3.8) is 0 Å². The molecule has 0 saturated heterocycles. The predicted octanol–water partition coefficient (Wildman–Crippen LogP) is 2.99. The average Bonchev–Trinajstić information content (AvgIpc) is 2.67. The van der Waals surface area contributed by atoms with Gasteiger partial charge < -0.3 is 15.4 Å². The normalized spacial score (nSPS) is 16.1. The molecule has 1 aliphatic carbocycles. The minimum Gasteiger partial charge on any atom is -0.383 e. The molecule has 1 aromatic carbocycles. The van der Waals surface area contributed by atoms with Gasteiger partial charge in [0.2, 0.25) is 0 Å². The molecule has 0 saturated carbocycles. The van der Waals surface area contributed by atoms with E-state index in [1.807, 2.05) is 6.07 Å². The Labute approximate surface area is 148 Å². The molecular formula is C20H25N3O2. The van der Waals surface area contributed by atoms with Crippen LogP contribution in [0, 0.1) is 0 Å². The van der Waals surface area contributed by atoms with E-state index in [0.717, 1.165) is 12.4 Å². The second kappa shape index (κ2) is 8.62. The number of anilines is 1. The van der Waals surface area contributed by atoms with Gasteiger partial charge in [-0.3, -0.25) is 4.79 Å². The Bertz CT molecular complexity index is 700. The maximum Gasteiger partial charge on any atom is 0.252 e. The molecule has 1 amide bonds. The lowest BCUT2D eigenvalue weighted by atomic mass is 9.83. The Morgan fingerprint density at radius 1 is 1.28 bits per heavy atom. The number of carbonyl (C=O) groups excluding carboxylic acids is 1. The number of rotatable bonds is 7. The highest BCUT2D eigenvalue weighted by Crippen LogP contribution is 2.31. The molecule has 0 spiro atoms. The minimum atomic E-state index is -0.127. The first kappa shape index (κ1) is 17.4. The van der Waals surface area contributed by atoms with Gasteiger partial charge >= 0.3 is 0 Å². The van der Waals surface area contributed by atoms with Crippen molar-refractivity contribution in [1.29, 1.82) is 0 Å². The minimum absolute atomic E-state index is 0.127. The van der Waals surface area contributed by atoms with E-state index < -0.39 is 0 Å². The van der Waals surface area contributed by atoms with Crippen molar-refractivity contribution in [1.82, 2.24) is 10.3 Å². The van der Waals surface area contributed by atoms with Gasteiger partial charge in [0.25, 0.3) is 5.91 Å². The van der Waals surface area contributed by atoms with Gasteiger partial charge in [0.05, 0.1) is 12.2 Å². The summed E-state index contributed by atoms with van der Waals surface area (Å²) in [6.45, 7) is 1.86. The summed E-state index contributed by atoms with van der Waals surface area (Å²) in [6, 6.07) is 12.4. The lowest BCUT2D eigenvalue weighted by Gasteiger charge is -2.25. The Morgan fingerprint density at radius 2 is 2.16 bits per heavy atom. The highest BCUT2D eigenvalue weighted by Gasteiger charge is 2.19. The maximum atomic E-state index is 11.9. The Hall–Kier alpha value is -2.40. The van der Waals surface area contributed by atoms with Crippen LogP contribution in [0.4, 0.5) is 5.82 Å². The van der Waals surface area contributed by atoms with E-state index in [-0.39, 0.29) is 5.91 Å². The topological polar surface area (TPSA) is 63.2 Å². The SMILES string of the molecule is COCCNC(=O)c1ccc(NCC2CCCc3ccccc32)nc1. The summed E-state index contributed by atoms with van der Waals surface area (Å²) in [5.74, 6) is 1.19. The number of benzene rings is 1. The Kier molecular flexibility index (Phi) is 6.01. The van der Waals surface area contributed by atoms with Gasteiger partial charge in [-0.1, -0.05) is 24.3 Å². The fourth-order valence-electron chi connectivity index (χ4n) is 3.30. The van der Waals surface area contributed by atoms with E-state index >= 15 is 0 Å². The highest BCUT2D eigenvalue weighted by molar-refractivity contribution is 5.94. The number of hydrogen-bond donors (Lipinski definition) is 2. The molecule has 1 heterocycles. The summed E-state index contributed by atoms with van der Waals surface area (Å²) >= 11 is 0. The molecule has 5 heteroatoms. The smallest absolute Gasteiger partial charge is 0.252 e. The van der Waals surface area contributed by atoms with Crippen LogP contribution in [0.2, 0.25) is 0 Å². The van der Waals surface area contributed by atoms with E-state index in [9.17, 15) is 4.79 Å². The fraction of sp³-hybridized carbons (Fsp3) is 0.400. The quantitative estimate of drug-likeness (QED) is 0.761. The van der Waals surface area contributed by atoms with Crippen molar-refractivity contribution in [2.45, 2.75) is 25.2 Å². The number of hydrogen-bond acceptors (Lipinski definition) is 4. The molecule has 3 rings (SSSR count). The van der Waals surface area contributed by atoms with Crippen LogP contribution < -0.4 is 10.6 Å². The molecule has 132 valence electrons. The van der Waals surface area contributed by atoms with E-state index in [2.05, 4.69) is 39.9 Å². The molecule has 0 bridgehead atoms. The fourth-order valence-corrected chi connectivity index (χ4v) is 3.30. The van der Waals surface area contributed by atoms with Crippen LogP contribution in [-0.4, -0.2) is 37.7 Å². The molecule has 2 aromatic rings. The van der Waals surface area contributed by atoms with Crippen LogP contribution >= 0.6 is 0 Å². The van der Waals surface area contributed by atoms with Gasteiger partial charge in [-0.25, -0.2) is 4.98 Å². The molecule has 0 fully saturated rings. The molecule has 5 nitrogen and oxygen atoms in total. The summed E-state index contributed by atoms with van der Waals surface area (Å²) in [7, 11) is 1.61. The third-order valence-electron chi connectivity index (χ3n) is 4.64. The third kappa shape index (κ3) is 4.57. The number of nitrogens with one attached hydrogen (secondary N) is 2. The first-order valence-electron chi connectivity index (χ1n) is 8.83. The van der Waals surface area contributed by atoms with Crippen molar-refractivity contribution in [2.75, 3.05) is 32.1 Å². The lowest BCUT2D eigenvalue weighted by molar-refractivity contribution is 0.0937. The zero-order chi connectivity index (χ0) is 17.5. The summed E-state index contributed by atoms with van der Waals surface area (Å²) in [5.41, 5.74) is 3.48. The maximum absolute atomic E-state index is 11.9. The zero-order valence-electron chi connectivity index (χ0n) is 14.6. The second-order valence-electron chi connectivity index (χ2n) is 6.35. The van der Waals surface area contributed by atoms with Crippen LogP contribution in [0.1, 0.15) is 40.2 Å². The molecule has 0 aliphatic heterocycles. The molecule has 2 N–H and O–H groups in total. The average molecular weight is 339 g/mol. The lowest BCUT2D eigenvalue weighted by Crippen LogP contribution is -2.27. The first-order valence-corrected chi connectivity index (χ1v) is 8.83. The molecule has 1 aromatic heterocycles. The molecular weight excluding hydrogens is 314 g/mol. The van der Waals surface area contributed by atoms with Crippen molar-refractivity contribution in [2.24, 2.45) is 0 Å². The second-order valence-corrected chi connectivity index (χ2v) is 6.35. The van der Waals surface area contributed by atoms with Crippen LogP contribution in [0.25, 0.3) is 0 Å². The monoisotopic (exact) mass is 339 g/mol. The summed E-state index contributed by atoms with van der Waals surface area (Å²) < 4.78 is 4.92. The van der Waals surface area contributed by atoms with Crippen LogP contribution in [0.5, 0.6) is 0 Å². The van der Waals surface area contributed by atoms with Crippen molar-refractivity contribution in [3.05, 3.63) is 59.3 Å². The predicted molar refractivity (Wildman–Crippen MR) is 99.1 cm³/mol. The molecule has 1 unspecified atom stereocenters. The number of pyridine rings is 1. The van der Waals surface area contributed by atoms with Crippen LogP contribution in [0.15, 0.2) is 42.6 Å². The van der Waals surface area contributed by atoms with Gasteiger partial charge in [-0.2, -0.15) is 0 Å². The van der Waals surface area contributed by atoms with Gasteiger partial charge in [-0.15, -0.1) is 0 Å². The zero-order valence-corrected chi connectivity index (χ0v) is 14.6. The Balaban J connectivity index is 1.55. The summed E-state index contributed by atoms with van der Waals surface area (Å²) in [5, 5.41) is 6.20. The van der Waals surface area contributed by atoms with Crippen molar-refractivity contribution < 1.29 is 9.53 Å². The molecule has 1 aliphatic rings. The van der Waals surface area contributed by atoms with E-state index in [1.165, 1.54) is 30.4 Å². The number of nitrogens with zero attached hydrogens (tertiary/aromatic N) is 1. The number of carbonyl (C=O) groups is 1. The van der Waals surface area contributed by atoms with Gasteiger partial charge in [0, 0.05) is 32.3 Å². The molecule has 0 radical (unpaired) electrons. The van der Waals surface area contributed by atoms with E-state index in [0.29, 0.717) is 24.6 Å². The standard InChI is InChI=1S/C20H25N3O2/c1-25-12-11-21-20(24)17-9-10-19(23-14-17)22-13-16-7-4-6-15-5-2-3-8-18(15)16/h2-3,5,8-10,14,16H,4,6-7,11-13H2,1H3,(H,21,24)(H,22,23). The summed E-state index contributed by atoms with van der Waals surface area (Å²) in [4.78, 5) is 16.3. The van der Waals surface area contributed by atoms with Gasteiger partial charge in [-0.05, 0) is 42.5 Å². The number of aryl methyl sites for hydroxylation is 1. The number of ether oxygens (including phenoxy) is 1. The third-order valence-corrected chi connectivity index (χ3v) is 4.64. The summed E-state index contributed by atoms with van der Waals surface area (Å²) in [6.07, 6.45) is 5.22. The van der Waals surface area contributed by atoms with Crippen molar-refractivity contribution >= 4 is 11.7 Å². The Morgan fingerprint density at radius 3 is 2.96 bits per heavy atom. The first-order chi connectivity index (χ1) is 12.3. The van der Waals surface area contributed by atoms with E-state index in [4.69, 9.17) is 4.74 Å². The van der Waals surface area contributed by atoms with Crippen LogP contribution in [-0.2, 0) is 11.2 Å². The van der Waals surface area contributed by atoms with Gasteiger partial charge in [0.15, 0.2) is 0 Å². The van der Waals surface area contributed by atoms with Crippen molar-refractivity contribution in [3.8, 4) is 0 Å². The largest absolute Gasteiger partial charge is 0.383 e. The number of aromatic nitrogens is 1. The van der Waals surface area contributed by atoms with E-state index in [1.54, 1.807) is 19.4 Å². The molecule has 25 heavy (non-hydrogen) atoms. The van der Waals surface area contributed by atoms with Gasteiger partial charge in [0.1, 0.15) is 5.82 Å². The van der Waals surface area contributed by atoms with Crippen LogP contribution in [0.3, 0.4) is 0 Å². The number of amides is 1. The highest BCUT2D eigenvalue weighted by atomic mass is 16.5. The molecule has 1 atom stereocenters.